The van der Waals surface area contributed by atoms with Gasteiger partial charge in [0.1, 0.15) is 9.52 Å². The zero-order valence-corrected chi connectivity index (χ0v) is 12.5. The van der Waals surface area contributed by atoms with E-state index in [1.807, 2.05) is 18.2 Å². The maximum Gasteiger partial charge on any atom is 0.230 e. The van der Waals surface area contributed by atoms with Gasteiger partial charge in [-0.15, -0.1) is 0 Å². The van der Waals surface area contributed by atoms with Crippen LogP contribution in [0.1, 0.15) is 5.56 Å². The average Bonchev–Trinajstić information content (AvgIpc) is 2.39. The molecule has 1 aromatic heterocycles. The Morgan fingerprint density at radius 1 is 1.22 bits per heavy atom. The van der Waals surface area contributed by atoms with Crippen LogP contribution >= 0.6 is 32.0 Å². The predicted molar refractivity (Wildman–Crippen MR) is 82.5 cm³/mol. The standard InChI is InChI=1S/C11H9IN5P/c12-9-5-10(17-18)16-11(15-9)14-8-3-1-7(6-13)2-4-8/h1-5H,18H2,(H2,14,15,16,17). The molecule has 0 amide bonds. The van der Waals surface area contributed by atoms with Gasteiger partial charge in [-0.3, -0.25) is 0 Å². The van der Waals surface area contributed by atoms with Crippen molar-refractivity contribution in [2.45, 2.75) is 0 Å². The highest BCUT2D eigenvalue weighted by atomic mass is 127. The summed E-state index contributed by atoms with van der Waals surface area (Å²) in [6, 6.07) is 11.0. The van der Waals surface area contributed by atoms with Crippen LogP contribution in [0.3, 0.4) is 0 Å². The molecule has 1 heterocycles. The summed E-state index contributed by atoms with van der Waals surface area (Å²) in [7, 11) is 2.39. The molecule has 0 aliphatic rings. The molecular weight excluding hydrogens is 360 g/mol. The molecule has 0 fully saturated rings. The summed E-state index contributed by atoms with van der Waals surface area (Å²) in [6.07, 6.45) is 0. The van der Waals surface area contributed by atoms with E-state index in [2.05, 4.69) is 58.4 Å². The van der Waals surface area contributed by atoms with Crippen molar-refractivity contribution in [1.29, 1.82) is 5.26 Å². The van der Waals surface area contributed by atoms with Crippen molar-refractivity contribution in [3.8, 4) is 6.07 Å². The van der Waals surface area contributed by atoms with Crippen LogP contribution in [0.4, 0.5) is 17.5 Å². The largest absolute Gasteiger partial charge is 0.354 e. The molecule has 0 aliphatic heterocycles. The molecule has 1 aromatic carbocycles. The first kappa shape index (κ1) is 13.0. The van der Waals surface area contributed by atoms with Gasteiger partial charge in [-0.05, 0) is 56.2 Å². The number of anilines is 3. The molecule has 1 atom stereocenters. The SMILES string of the molecule is N#Cc1ccc(Nc2nc(I)cc(NP)n2)cc1. The van der Waals surface area contributed by atoms with E-state index in [1.165, 1.54) is 0 Å². The van der Waals surface area contributed by atoms with Crippen molar-refractivity contribution in [2.75, 3.05) is 10.4 Å². The van der Waals surface area contributed by atoms with Gasteiger partial charge in [0.15, 0.2) is 0 Å². The van der Waals surface area contributed by atoms with E-state index in [4.69, 9.17) is 5.26 Å². The van der Waals surface area contributed by atoms with Crippen LogP contribution in [0.25, 0.3) is 0 Å². The number of rotatable bonds is 3. The fourth-order valence-electron chi connectivity index (χ4n) is 1.30. The lowest BCUT2D eigenvalue weighted by Crippen LogP contribution is -2.00. The lowest BCUT2D eigenvalue weighted by Gasteiger charge is -2.07. The van der Waals surface area contributed by atoms with E-state index < -0.39 is 0 Å². The topological polar surface area (TPSA) is 73.6 Å². The van der Waals surface area contributed by atoms with Gasteiger partial charge < -0.3 is 10.4 Å². The summed E-state index contributed by atoms with van der Waals surface area (Å²) in [5.74, 6) is 1.23. The highest BCUT2D eigenvalue weighted by molar-refractivity contribution is 14.1. The number of halogens is 1. The normalized spacial score (nSPS) is 9.61. The van der Waals surface area contributed by atoms with Crippen LogP contribution < -0.4 is 10.4 Å². The third kappa shape index (κ3) is 3.28. The summed E-state index contributed by atoms with van der Waals surface area (Å²) in [6.45, 7) is 0. The van der Waals surface area contributed by atoms with Gasteiger partial charge in [0.2, 0.25) is 5.95 Å². The Morgan fingerprint density at radius 2 is 1.94 bits per heavy atom. The molecular formula is C11H9IN5P. The van der Waals surface area contributed by atoms with Gasteiger partial charge in [-0.2, -0.15) is 10.2 Å². The molecule has 0 bridgehead atoms. The highest BCUT2D eigenvalue weighted by Gasteiger charge is 2.02. The minimum atomic E-state index is 0.511. The van der Waals surface area contributed by atoms with Gasteiger partial charge in [-0.1, -0.05) is 0 Å². The van der Waals surface area contributed by atoms with Crippen LogP contribution in [-0.2, 0) is 0 Å². The lowest BCUT2D eigenvalue weighted by molar-refractivity contribution is 1.15. The summed E-state index contributed by atoms with van der Waals surface area (Å²) >= 11 is 2.13. The Balaban J connectivity index is 2.22. The van der Waals surface area contributed by atoms with Crippen molar-refractivity contribution < 1.29 is 0 Å². The van der Waals surface area contributed by atoms with Crippen LogP contribution in [0.5, 0.6) is 0 Å². The number of nitrogens with zero attached hydrogens (tertiary/aromatic N) is 3. The van der Waals surface area contributed by atoms with E-state index in [1.54, 1.807) is 12.1 Å². The number of benzene rings is 1. The minimum absolute atomic E-state index is 0.511. The van der Waals surface area contributed by atoms with Crippen molar-refractivity contribution >= 4 is 49.4 Å². The zero-order chi connectivity index (χ0) is 13.0. The first-order valence-electron chi connectivity index (χ1n) is 4.99. The molecule has 2 aromatic rings. The molecule has 0 saturated carbocycles. The first-order chi connectivity index (χ1) is 8.71. The van der Waals surface area contributed by atoms with Crippen molar-refractivity contribution in [2.24, 2.45) is 0 Å². The Bertz CT molecular complexity index is 593. The van der Waals surface area contributed by atoms with Gasteiger partial charge in [0, 0.05) is 11.8 Å². The summed E-state index contributed by atoms with van der Waals surface area (Å²) in [5, 5.41) is 14.7. The summed E-state index contributed by atoms with van der Waals surface area (Å²) in [5.41, 5.74) is 1.46. The maximum atomic E-state index is 8.72. The van der Waals surface area contributed by atoms with Crippen LogP contribution in [-0.4, -0.2) is 9.97 Å². The average molecular weight is 369 g/mol. The minimum Gasteiger partial charge on any atom is -0.354 e. The van der Waals surface area contributed by atoms with E-state index in [9.17, 15) is 0 Å². The molecule has 2 N–H and O–H groups in total. The highest BCUT2D eigenvalue weighted by Crippen LogP contribution is 2.17. The fourth-order valence-corrected chi connectivity index (χ4v) is 1.98. The van der Waals surface area contributed by atoms with Crippen molar-refractivity contribution in [3.63, 3.8) is 0 Å². The van der Waals surface area contributed by atoms with E-state index in [0.29, 0.717) is 11.5 Å². The number of hydrogen-bond donors (Lipinski definition) is 2. The summed E-state index contributed by atoms with van der Waals surface area (Å²) in [4.78, 5) is 8.54. The van der Waals surface area contributed by atoms with Gasteiger partial charge in [0.25, 0.3) is 0 Å². The molecule has 7 heteroatoms. The Hall–Kier alpha value is -1.45. The van der Waals surface area contributed by atoms with E-state index in [-0.39, 0.29) is 0 Å². The lowest BCUT2D eigenvalue weighted by atomic mass is 10.2. The monoisotopic (exact) mass is 369 g/mol. The third-order valence-corrected chi connectivity index (χ3v) is 2.96. The van der Waals surface area contributed by atoms with Crippen LogP contribution in [0.2, 0.25) is 0 Å². The maximum absolute atomic E-state index is 8.72. The molecule has 1 unspecified atom stereocenters. The number of aromatic nitrogens is 2. The second kappa shape index (κ2) is 5.94. The molecule has 90 valence electrons. The molecule has 18 heavy (non-hydrogen) atoms. The van der Waals surface area contributed by atoms with Crippen molar-refractivity contribution in [3.05, 3.63) is 39.6 Å². The molecule has 0 spiro atoms. The quantitative estimate of drug-likeness (QED) is 0.495. The van der Waals surface area contributed by atoms with Crippen molar-refractivity contribution in [1.82, 2.24) is 9.97 Å². The Kier molecular flexibility index (Phi) is 4.28. The van der Waals surface area contributed by atoms with E-state index in [0.717, 1.165) is 15.2 Å². The molecule has 2 rings (SSSR count). The van der Waals surface area contributed by atoms with Crippen LogP contribution in [0, 0.1) is 15.0 Å². The zero-order valence-electron chi connectivity index (χ0n) is 9.18. The Labute approximate surface area is 120 Å². The molecule has 0 radical (unpaired) electrons. The van der Waals surface area contributed by atoms with E-state index >= 15 is 0 Å². The summed E-state index contributed by atoms with van der Waals surface area (Å²) < 4.78 is 0.837. The Morgan fingerprint density at radius 3 is 2.56 bits per heavy atom. The fraction of sp³-hybridized carbons (Fsp3) is 0. The molecule has 5 nitrogen and oxygen atoms in total. The molecule has 0 aliphatic carbocycles. The second-order valence-electron chi connectivity index (χ2n) is 3.36. The predicted octanol–water partition coefficient (Wildman–Crippen LogP) is 2.90. The van der Waals surface area contributed by atoms with Gasteiger partial charge in [-0.25, -0.2) is 4.98 Å². The first-order valence-corrected chi connectivity index (χ1v) is 6.65. The number of hydrogen-bond acceptors (Lipinski definition) is 5. The number of nitriles is 1. The van der Waals surface area contributed by atoms with Gasteiger partial charge >= 0.3 is 0 Å². The van der Waals surface area contributed by atoms with Gasteiger partial charge in [0.05, 0.1) is 11.6 Å². The number of nitrogens with one attached hydrogen (secondary N) is 2. The second-order valence-corrected chi connectivity index (χ2v) is 4.75. The molecule has 0 saturated heterocycles. The van der Waals surface area contributed by atoms with Crippen LogP contribution in [0.15, 0.2) is 30.3 Å². The smallest absolute Gasteiger partial charge is 0.230 e. The third-order valence-electron chi connectivity index (χ3n) is 2.11.